The molecule has 2 aromatic carbocycles. The summed E-state index contributed by atoms with van der Waals surface area (Å²) in [5, 5.41) is 12.8. The number of hydrogen-bond acceptors (Lipinski definition) is 2. The van der Waals surface area contributed by atoms with Crippen molar-refractivity contribution >= 4 is 10.8 Å². The third-order valence-electron chi connectivity index (χ3n) is 3.94. The number of aliphatic hydroxyl groups excluding tert-OH is 1. The Morgan fingerprint density at radius 2 is 1.86 bits per heavy atom. The summed E-state index contributed by atoms with van der Waals surface area (Å²) in [4.78, 5) is 4.41. The van der Waals surface area contributed by atoms with Crippen molar-refractivity contribution in [1.29, 1.82) is 0 Å². The summed E-state index contributed by atoms with van der Waals surface area (Å²) < 4.78 is 0. The van der Waals surface area contributed by atoms with Gasteiger partial charge in [-0.15, -0.1) is 0 Å². The van der Waals surface area contributed by atoms with Crippen molar-refractivity contribution in [1.82, 2.24) is 4.98 Å². The molecule has 0 aliphatic carbocycles. The minimum absolute atomic E-state index is 0.586. The van der Waals surface area contributed by atoms with Gasteiger partial charge in [0, 0.05) is 18.0 Å². The molecule has 0 fully saturated rings. The van der Waals surface area contributed by atoms with E-state index >= 15 is 0 Å². The Hall–Kier alpha value is -2.19. The molecule has 0 spiro atoms. The molecule has 0 bridgehead atoms. The predicted molar refractivity (Wildman–Crippen MR) is 86.3 cm³/mol. The summed E-state index contributed by atoms with van der Waals surface area (Å²) in [5.41, 5.74) is 4.36. The van der Waals surface area contributed by atoms with Gasteiger partial charge in [-0.2, -0.15) is 0 Å². The highest BCUT2D eigenvalue weighted by atomic mass is 16.3. The number of aliphatic hydroxyl groups is 1. The van der Waals surface area contributed by atoms with Crippen LogP contribution in [0, 0.1) is 13.8 Å². The second-order valence-electron chi connectivity index (χ2n) is 5.57. The summed E-state index contributed by atoms with van der Waals surface area (Å²) in [6.45, 7) is 4.16. The molecule has 2 nitrogen and oxygen atoms in total. The van der Waals surface area contributed by atoms with Crippen molar-refractivity contribution in [3.05, 3.63) is 77.1 Å². The average molecular weight is 277 g/mol. The smallest absolute Gasteiger partial charge is 0.101 e. The van der Waals surface area contributed by atoms with Gasteiger partial charge in [0.2, 0.25) is 0 Å². The number of fused-ring (bicyclic) bond motifs is 1. The maximum Gasteiger partial charge on any atom is 0.101 e. The fourth-order valence-corrected chi connectivity index (χ4v) is 2.73. The van der Waals surface area contributed by atoms with Crippen LogP contribution >= 0.6 is 0 Å². The molecule has 1 atom stereocenters. The van der Waals surface area contributed by atoms with E-state index in [2.05, 4.69) is 37.0 Å². The molecule has 3 rings (SSSR count). The topological polar surface area (TPSA) is 33.1 Å². The summed E-state index contributed by atoms with van der Waals surface area (Å²) in [6.07, 6.45) is 1.77. The summed E-state index contributed by atoms with van der Waals surface area (Å²) in [6, 6.07) is 16.4. The Morgan fingerprint density at radius 1 is 1.05 bits per heavy atom. The molecular formula is C19H19NO. The SMILES string of the molecule is Cc1ccc(C)c(CC(O)c2nccc3ccccc23)c1. The standard InChI is InChI=1S/C19H19NO/c1-13-7-8-14(2)16(11-13)12-18(21)19-17-6-4-3-5-15(17)9-10-20-19/h3-11,18,21H,12H2,1-2H3. The molecule has 3 aromatic rings. The van der Waals surface area contributed by atoms with E-state index in [1.165, 1.54) is 16.7 Å². The van der Waals surface area contributed by atoms with E-state index in [-0.39, 0.29) is 0 Å². The Balaban J connectivity index is 1.97. The van der Waals surface area contributed by atoms with E-state index in [4.69, 9.17) is 0 Å². The number of pyridine rings is 1. The van der Waals surface area contributed by atoms with Crippen molar-refractivity contribution < 1.29 is 5.11 Å². The number of hydrogen-bond donors (Lipinski definition) is 1. The molecule has 1 heterocycles. The van der Waals surface area contributed by atoms with Gasteiger partial charge >= 0.3 is 0 Å². The molecule has 0 aliphatic rings. The lowest BCUT2D eigenvalue weighted by Crippen LogP contribution is -2.06. The zero-order valence-electron chi connectivity index (χ0n) is 12.4. The number of nitrogens with zero attached hydrogens (tertiary/aromatic N) is 1. The van der Waals surface area contributed by atoms with E-state index in [1.807, 2.05) is 30.3 Å². The second-order valence-corrected chi connectivity index (χ2v) is 5.57. The van der Waals surface area contributed by atoms with Crippen molar-refractivity contribution in [3.8, 4) is 0 Å². The molecule has 2 heteroatoms. The Morgan fingerprint density at radius 3 is 2.71 bits per heavy atom. The third-order valence-corrected chi connectivity index (χ3v) is 3.94. The van der Waals surface area contributed by atoms with E-state index in [1.54, 1.807) is 6.20 Å². The lowest BCUT2D eigenvalue weighted by atomic mass is 9.97. The minimum atomic E-state index is -0.586. The number of aryl methyl sites for hydroxylation is 2. The van der Waals surface area contributed by atoms with Gasteiger partial charge in [0.25, 0.3) is 0 Å². The van der Waals surface area contributed by atoms with Gasteiger partial charge in [0.05, 0.1) is 5.69 Å². The predicted octanol–water partition coefficient (Wildman–Crippen LogP) is 4.13. The first-order valence-corrected chi connectivity index (χ1v) is 7.23. The second kappa shape index (κ2) is 5.66. The van der Waals surface area contributed by atoms with Crippen LogP contribution < -0.4 is 0 Å². The highest BCUT2D eigenvalue weighted by Crippen LogP contribution is 2.25. The normalized spacial score (nSPS) is 12.5. The van der Waals surface area contributed by atoms with Crippen LogP contribution in [0.1, 0.15) is 28.5 Å². The van der Waals surface area contributed by atoms with E-state index in [0.29, 0.717) is 6.42 Å². The van der Waals surface area contributed by atoms with Crippen LogP contribution in [0.3, 0.4) is 0 Å². The van der Waals surface area contributed by atoms with Gasteiger partial charge in [-0.1, -0.05) is 48.0 Å². The molecular weight excluding hydrogens is 258 g/mol. The van der Waals surface area contributed by atoms with Crippen molar-refractivity contribution in [2.75, 3.05) is 0 Å². The molecule has 21 heavy (non-hydrogen) atoms. The third kappa shape index (κ3) is 2.81. The summed E-state index contributed by atoms with van der Waals surface area (Å²) >= 11 is 0. The van der Waals surface area contributed by atoms with Crippen LogP contribution in [-0.4, -0.2) is 10.1 Å². The van der Waals surface area contributed by atoms with Crippen molar-refractivity contribution in [3.63, 3.8) is 0 Å². The summed E-state index contributed by atoms with van der Waals surface area (Å²) in [5.74, 6) is 0. The first-order valence-electron chi connectivity index (χ1n) is 7.23. The van der Waals surface area contributed by atoms with Gasteiger partial charge in [-0.25, -0.2) is 0 Å². The zero-order chi connectivity index (χ0) is 14.8. The molecule has 0 saturated carbocycles. The average Bonchev–Trinajstić information content (AvgIpc) is 2.50. The maximum atomic E-state index is 10.6. The molecule has 0 radical (unpaired) electrons. The van der Waals surface area contributed by atoms with E-state index < -0.39 is 6.10 Å². The highest BCUT2D eigenvalue weighted by Gasteiger charge is 2.14. The molecule has 0 aliphatic heterocycles. The molecule has 0 saturated heterocycles. The van der Waals surface area contributed by atoms with Gasteiger partial charge in [0.1, 0.15) is 6.10 Å². The Kier molecular flexibility index (Phi) is 3.72. The monoisotopic (exact) mass is 277 g/mol. The lowest BCUT2D eigenvalue weighted by Gasteiger charge is -2.14. The Labute approximate surface area is 125 Å². The number of benzene rings is 2. The lowest BCUT2D eigenvalue weighted by molar-refractivity contribution is 0.175. The van der Waals surface area contributed by atoms with Crippen LogP contribution in [0.2, 0.25) is 0 Å². The largest absolute Gasteiger partial charge is 0.386 e. The van der Waals surface area contributed by atoms with Gasteiger partial charge < -0.3 is 5.11 Å². The van der Waals surface area contributed by atoms with Gasteiger partial charge in [-0.3, -0.25) is 4.98 Å². The maximum absolute atomic E-state index is 10.6. The highest BCUT2D eigenvalue weighted by molar-refractivity contribution is 5.84. The minimum Gasteiger partial charge on any atom is -0.386 e. The van der Waals surface area contributed by atoms with Crippen LogP contribution in [-0.2, 0) is 6.42 Å². The number of rotatable bonds is 3. The van der Waals surface area contributed by atoms with Gasteiger partial charge in [0.15, 0.2) is 0 Å². The van der Waals surface area contributed by atoms with Crippen molar-refractivity contribution in [2.45, 2.75) is 26.4 Å². The number of aromatic nitrogens is 1. The van der Waals surface area contributed by atoms with E-state index in [9.17, 15) is 5.11 Å². The quantitative estimate of drug-likeness (QED) is 0.781. The molecule has 1 unspecified atom stereocenters. The molecule has 1 aromatic heterocycles. The van der Waals surface area contributed by atoms with Crippen LogP contribution in [0.15, 0.2) is 54.7 Å². The van der Waals surface area contributed by atoms with Crippen molar-refractivity contribution in [2.24, 2.45) is 0 Å². The zero-order valence-corrected chi connectivity index (χ0v) is 12.4. The fraction of sp³-hybridized carbons (Fsp3) is 0.211. The molecule has 0 amide bonds. The van der Waals surface area contributed by atoms with Crippen LogP contribution in [0.4, 0.5) is 0 Å². The van der Waals surface area contributed by atoms with Gasteiger partial charge in [-0.05, 0) is 36.4 Å². The van der Waals surface area contributed by atoms with E-state index in [0.717, 1.165) is 16.5 Å². The van der Waals surface area contributed by atoms with Crippen LogP contribution in [0.5, 0.6) is 0 Å². The van der Waals surface area contributed by atoms with Crippen LogP contribution in [0.25, 0.3) is 10.8 Å². The Bertz CT molecular complexity index is 774. The first-order chi connectivity index (χ1) is 10.1. The first kappa shape index (κ1) is 13.8. The fourth-order valence-electron chi connectivity index (χ4n) is 2.73. The molecule has 106 valence electrons. The molecule has 1 N–H and O–H groups in total. The summed E-state index contributed by atoms with van der Waals surface area (Å²) in [7, 11) is 0.